The summed E-state index contributed by atoms with van der Waals surface area (Å²) in [7, 11) is 0. The zero-order valence-corrected chi connectivity index (χ0v) is 13.5. The maximum atomic E-state index is 5.79. The molecule has 1 nitrogen and oxygen atoms in total. The van der Waals surface area contributed by atoms with E-state index in [-0.39, 0.29) is 0 Å². The van der Waals surface area contributed by atoms with E-state index >= 15 is 0 Å². The summed E-state index contributed by atoms with van der Waals surface area (Å²) < 4.78 is 5.79. The van der Waals surface area contributed by atoms with Gasteiger partial charge in [0.1, 0.15) is 5.75 Å². The minimum Gasteiger partial charge on any atom is -0.494 e. The highest BCUT2D eigenvalue weighted by Crippen LogP contribution is 2.18. The van der Waals surface area contributed by atoms with Crippen molar-refractivity contribution in [2.24, 2.45) is 5.92 Å². The second-order valence-electron chi connectivity index (χ2n) is 5.10. The van der Waals surface area contributed by atoms with Crippen LogP contribution in [0.1, 0.15) is 17.5 Å². The molecule has 106 valence electrons. The fourth-order valence-electron chi connectivity index (χ4n) is 2.24. The first-order valence-corrected chi connectivity index (χ1v) is 8.20. The molecule has 0 aliphatic rings. The number of ether oxygens (including phenoxy) is 1. The molecule has 0 heterocycles. The van der Waals surface area contributed by atoms with E-state index in [1.54, 1.807) is 0 Å². The Hall–Kier alpha value is -1.28. The molecule has 2 rings (SSSR count). The first-order valence-electron chi connectivity index (χ1n) is 7.08. The van der Waals surface area contributed by atoms with Crippen molar-refractivity contribution >= 4 is 15.9 Å². The van der Waals surface area contributed by atoms with Gasteiger partial charge >= 0.3 is 0 Å². The number of halogens is 1. The SMILES string of the molecule is Cc1ccccc1CC(CBr)CCOc1ccccc1. The predicted molar refractivity (Wildman–Crippen MR) is 88.7 cm³/mol. The van der Waals surface area contributed by atoms with Gasteiger partial charge in [-0.25, -0.2) is 0 Å². The van der Waals surface area contributed by atoms with Crippen molar-refractivity contribution in [1.82, 2.24) is 0 Å². The van der Waals surface area contributed by atoms with E-state index in [9.17, 15) is 0 Å². The lowest BCUT2D eigenvalue weighted by Gasteiger charge is -2.16. The van der Waals surface area contributed by atoms with E-state index in [2.05, 4.69) is 47.1 Å². The Morgan fingerprint density at radius 3 is 2.40 bits per heavy atom. The number of para-hydroxylation sites is 1. The predicted octanol–water partition coefficient (Wildman–Crippen LogP) is 5.02. The Balaban J connectivity index is 1.82. The Bertz CT molecular complexity index is 510. The molecule has 20 heavy (non-hydrogen) atoms. The Labute approximate surface area is 130 Å². The monoisotopic (exact) mass is 332 g/mol. The summed E-state index contributed by atoms with van der Waals surface area (Å²) >= 11 is 3.63. The van der Waals surface area contributed by atoms with Crippen LogP contribution in [0.5, 0.6) is 5.75 Å². The van der Waals surface area contributed by atoms with E-state index in [1.165, 1.54) is 11.1 Å². The van der Waals surface area contributed by atoms with E-state index < -0.39 is 0 Å². The fraction of sp³-hybridized carbons (Fsp3) is 0.333. The van der Waals surface area contributed by atoms with Crippen LogP contribution in [0.15, 0.2) is 54.6 Å². The van der Waals surface area contributed by atoms with Gasteiger partial charge in [0.15, 0.2) is 0 Å². The lowest BCUT2D eigenvalue weighted by Crippen LogP contribution is -2.12. The van der Waals surface area contributed by atoms with Crippen LogP contribution in [0.2, 0.25) is 0 Å². The quantitative estimate of drug-likeness (QED) is 0.647. The maximum absolute atomic E-state index is 5.79. The second-order valence-corrected chi connectivity index (χ2v) is 5.75. The number of hydrogen-bond acceptors (Lipinski definition) is 1. The molecule has 1 atom stereocenters. The smallest absolute Gasteiger partial charge is 0.119 e. The van der Waals surface area contributed by atoms with Crippen LogP contribution in [0.3, 0.4) is 0 Å². The zero-order chi connectivity index (χ0) is 14.2. The standard InChI is InChI=1S/C18H21BrO/c1-15-7-5-6-8-17(15)13-16(14-19)11-12-20-18-9-3-2-4-10-18/h2-10,16H,11-14H2,1H3. The third-order valence-electron chi connectivity index (χ3n) is 3.53. The molecule has 0 aliphatic heterocycles. The van der Waals surface area contributed by atoms with E-state index in [1.807, 2.05) is 30.3 Å². The van der Waals surface area contributed by atoms with Crippen molar-refractivity contribution in [1.29, 1.82) is 0 Å². The van der Waals surface area contributed by atoms with Gasteiger partial charge in [-0.15, -0.1) is 0 Å². The molecule has 2 aromatic rings. The van der Waals surface area contributed by atoms with Gasteiger partial charge in [0.05, 0.1) is 6.61 Å². The number of benzene rings is 2. The second kappa shape index (κ2) is 8.11. The van der Waals surface area contributed by atoms with Crippen molar-refractivity contribution in [3.63, 3.8) is 0 Å². The summed E-state index contributed by atoms with van der Waals surface area (Å²) in [6, 6.07) is 18.6. The van der Waals surface area contributed by atoms with Gasteiger partial charge in [-0.3, -0.25) is 0 Å². The lowest BCUT2D eigenvalue weighted by molar-refractivity contribution is 0.285. The van der Waals surface area contributed by atoms with Crippen molar-refractivity contribution in [2.75, 3.05) is 11.9 Å². The molecule has 2 aromatic carbocycles. The van der Waals surface area contributed by atoms with E-state index in [0.29, 0.717) is 5.92 Å². The molecular weight excluding hydrogens is 312 g/mol. The normalized spacial score (nSPS) is 12.1. The van der Waals surface area contributed by atoms with Gasteiger partial charge < -0.3 is 4.74 Å². The average Bonchev–Trinajstić information content (AvgIpc) is 2.49. The third-order valence-corrected chi connectivity index (χ3v) is 4.44. The molecule has 0 saturated carbocycles. The summed E-state index contributed by atoms with van der Waals surface area (Å²) in [5, 5.41) is 1.01. The molecule has 0 radical (unpaired) electrons. The first-order chi connectivity index (χ1) is 9.79. The highest BCUT2D eigenvalue weighted by Gasteiger charge is 2.10. The van der Waals surface area contributed by atoms with Crippen LogP contribution in [0.4, 0.5) is 0 Å². The minimum atomic E-state index is 0.611. The third kappa shape index (κ3) is 4.68. The molecule has 0 aliphatic carbocycles. The molecule has 0 fully saturated rings. The largest absolute Gasteiger partial charge is 0.494 e. The van der Waals surface area contributed by atoms with Gasteiger partial charge in [-0.2, -0.15) is 0 Å². The summed E-state index contributed by atoms with van der Waals surface area (Å²) in [6.45, 7) is 2.95. The van der Waals surface area contributed by atoms with Crippen molar-refractivity contribution in [3.8, 4) is 5.75 Å². The summed E-state index contributed by atoms with van der Waals surface area (Å²) in [4.78, 5) is 0. The molecule has 0 bridgehead atoms. The van der Waals surface area contributed by atoms with Gasteiger partial charge in [0, 0.05) is 5.33 Å². The molecule has 0 N–H and O–H groups in total. The minimum absolute atomic E-state index is 0.611. The lowest BCUT2D eigenvalue weighted by atomic mass is 9.95. The van der Waals surface area contributed by atoms with E-state index in [0.717, 1.165) is 30.5 Å². The van der Waals surface area contributed by atoms with Gasteiger partial charge in [-0.05, 0) is 48.9 Å². The zero-order valence-electron chi connectivity index (χ0n) is 11.9. The van der Waals surface area contributed by atoms with Crippen molar-refractivity contribution in [3.05, 3.63) is 65.7 Å². The highest BCUT2D eigenvalue weighted by atomic mass is 79.9. The van der Waals surface area contributed by atoms with Crippen LogP contribution in [-0.4, -0.2) is 11.9 Å². The summed E-state index contributed by atoms with van der Waals surface area (Å²) in [5.41, 5.74) is 2.82. The van der Waals surface area contributed by atoms with Crippen LogP contribution in [-0.2, 0) is 6.42 Å². The van der Waals surface area contributed by atoms with Crippen LogP contribution < -0.4 is 4.74 Å². The number of rotatable bonds is 7. The summed E-state index contributed by atoms with van der Waals surface area (Å²) in [6.07, 6.45) is 2.17. The van der Waals surface area contributed by atoms with Gasteiger partial charge in [0.25, 0.3) is 0 Å². The number of hydrogen-bond donors (Lipinski definition) is 0. The van der Waals surface area contributed by atoms with E-state index in [4.69, 9.17) is 4.74 Å². The van der Waals surface area contributed by atoms with Gasteiger partial charge in [0.2, 0.25) is 0 Å². The molecule has 0 aromatic heterocycles. The van der Waals surface area contributed by atoms with Crippen LogP contribution in [0.25, 0.3) is 0 Å². The molecular formula is C18H21BrO. The molecule has 0 amide bonds. The van der Waals surface area contributed by atoms with Crippen molar-refractivity contribution in [2.45, 2.75) is 19.8 Å². The maximum Gasteiger partial charge on any atom is 0.119 e. The topological polar surface area (TPSA) is 9.23 Å². The molecule has 2 heteroatoms. The summed E-state index contributed by atoms with van der Waals surface area (Å²) in [5.74, 6) is 1.57. The molecule has 0 saturated heterocycles. The Kier molecular flexibility index (Phi) is 6.13. The Morgan fingerprint density at radius 1 is 1.00 bits per heavy atom. The van der Waals surface area contributed by atoms with Crippen LogP contribution in [0, 0.1) is 12.8 Å². The number of aryl methyl sites for hydroxylation is 1. The highest BCUT2D eigenvalue weighted by molar-refractivity contribution is 9.09. The number of alkyl halides is 1. The fourth-order valence-corrected chi connectivity index (χ4v) is 2.80. The molecule has 1 unspecified atom stereocenters. The first kappa shape index (κ1) is 15.1. The van der Waals surface area contributed by atoms with Crippen molar-refractivity contribution < 1.29 is 4.74 Å². The molecule has 0 spiro atoms. The van der Waals surface area contributed by atoms with Crippen LogP contribution >= 0.6 is 15.9 Å². The Morgan fingerprint density at radius 2 is 1.70 bits per heavy atom. The average molecular weight is 333 g/mol. The van der Waals surface area contributed by atoms with Gasteiger partial charge in [-0.1, -0.05) is 58.4 Å².